The second-order valence-corrected chi connectivity index (χ2v) is 8.97. The van der Waals surface area contributed by atoms with Crippen LogP contribution >= 0.6 is 0 Å². The van der Waals surface area contributed by atoms with Gasteiger partial charge in [0.15, 0.2) is 17.4 Å². The third kappa shape index (κ3) is 4.28. The molecular weight excluding hydrogens is 484 g/mol. The zero-order valence-corrected chi connectivity index (χ0v) is 20.7. The molecule has 4 N–H and O–H groups in total. The molecule has 1 aliphatic heterocycles. The fourth-order valence-electron chi connectivity index (χ4n) is 4.41. The van der Waals surface area contributed by atoms with Crippen LogP contribution in [0.2, 0.25) is 0 Å². The third-order valence-corrected chi connectivity index (χ3v) is 6.38. The molecule has 0 radical (unpaired) electrons. The number of carbonyl (C=O) groups is 1. The van der Waals surface area contributed by atoms with Crippen molar-refractivity contribution in [2.45, 2.75) is 25.2 Å². The Morgan fingerprint density at radius 1 is 1.11 bits per heavy atom. The average molecular weight is 511 g/mol. The van der Waals surface area contributed by atoms with Crippen LogP contribution in [0.3, 0.4) is 0 Å². The Kier molecular flexibility index (Phi) is 5.89. The summed E-state index contributed by atoms with van der Waals surface area (Å²) in [7, 11) is 1.58. The number of furan rings is 1. The molecule has 0 saturated carbocycles. The summed E-state index contributed by atoms with van der Waals surface area (Å²) in [5, 5.41) is 15.2. The van der Waals surface area contributed by atoms with Crippen molar-refractivity contribution in [1.82, 2.24) is 24.5 Å². The number of nitrogens with two attached hydrogens (primary N) is 1. The van der Waals surface area contributed by atoms with Gasteiger partial charge in [0, 0.05) is 18.4 Å². The van der Waals surface area contributed by atoms with E-state index in [1.807, 2.05) is 29.1 Å². The van der Waals surface area contributed by atoms with E-state index in [1.54, 1.807) is 43.5 Å². The monoisotopic (exact) mass is 510 g/mol. The highest BCUT2D eigenvalue weighted by molar-refractivity contribution is 5.99. The van der Waals surface area contributed by atoms with Crippen LogP contribution in [0, 0.1) is 0 Å². The van der Waals surface area contributed by atoms with Crippen molar-refractivity contribution in [3.63, 3.8) is 0 Å². The van der Waals surface area contributed by atoms with E-state index >= 15 is 0 Å². The largest absolute Gasteiger partial charge is 0.497 e. The number of aryl methyl sites for hydroxylation is 2. The van der Waals surface area contributed by atoms with Gasteiger partial charge >= 0.3 is 0 Å². The van der Waals surface area contributed by atoms with Gasteiger partial charge in [0.05, 0.1) is 18.9 Å². The van der Waals surface area contributed by atoms with Crippen molar-refractivity contribution in [1.29, 1.82) is 0 Å². The summed E-state index contributed by atoms with van der Waals surface area (Å²) < 4.78 is 13.9. The summed E-state index contributed by atoms with van der Waals surface area (Å²) >= 11 is 0. The number of rotatable bonds is 8. The molecule has 0 spiro atoms. The number of carbonyl (C=O) groups excluding carboxylic acids is 1. The van der Waals surface area contributed by atoms with Gasteiger partial charge in [-0.15, -0.1) is 5.10 Å². The molecule has 0 bridgehead atoms. The van der Waals surface area contributed by atoms with Crippen molar-refractivity contribution >= 4 is 17.4 Å². The predicted octanol–water partition coefficient (Wildman–Crippen LogP) is 3.68. The van der Waals surface area contributed by atoms with Crippen LogP contribution in [-0.4, -0.2) is 37.6 Å². The number of methoxy groups -OCH3 is 1. The first-order valence-electron chi connectivity index (χ1n) is 12.2. The zero-order chi connectivity index (χ0) is 26.1. The van der Waals surface area contributed by atoms with Crippen LogP contribution < -0.4 is 21.1 Å². The molecule has 1 unspecified atom stereocenters. The number of ether oxygens (including phenoxy) is 1. The number of hydrogen-bond donors (Lipinski definition) is 3. The lowest BCUT2D eigenvalue weighted by Crippen LogP contribution is -2.61. The van der Waals surface area contributed by atoms with E-state index in [0.29, 0.717) is 46.8 Å². The maximum absolute atomic E-state index is 13.6. The molecule has 6 rings (SSSR count). The Labute approximate surface area is 218 Å². The Morgan fingerprint density at radius 2 is 1.92 bits per heavy atom. The topological polar surface area (TPSA) is 138 Å². The van der Waals surface area contributed by atoms with E-state index in [2.05, 4.69) is 37.9 Å². The molecule has 1 atom stereocenters. The number of anilines is 2. The lowest BCUT2D eigenvalue weighted by molar-refractivity contribution is -0.123. The minimum atomic E-state index is -1.80. The quantitative estimate of drug-likeness (QED) is 0.287. The number of amides is 1. The highest BCUT2D eigenvalue weighted by Gasteiger charge is 2.45. The molecule has 11 heteroatoms. The molecule has 11 nitrogen and oxygen atoms in total. The van der Waals surface area contributed by atoms with Crippen LogP contribution in [0.4, 0.5) is 11.5 Å². The second-order valence-electron chi connectivity index (χ2n) is 8.97. The SMILES string of the molecule is COc1ccc(NC(=O)C2(N)Nc3nn(CCCc4ccccc4)cc3-c3nc(-c4ccco4)nn32)cc1. The number of fused-ring (bicyclic) bond motifs is 3. The zero-order valence-electron chi connectivity index (χ0n) is 20.7. The summed E-state index contributed by atoms with van der Waals surface area (Å²) in [6, 6.07) is 20.7. The molecule has 192 valence electrons. The molecular formula is C27H26N8O3. The third-order valence-electron chi connectivity index (χ3n) is 6.38. The maximum atomic E-state index is 13.6. The maximum Gasteiger partial charge on any atom is 0.289 e. The minimum absolute atomic E-state index is 0.309. The molecule has 2 aromatic carbocycles. The van der Waals surface area contributed by atoms with E-state index < -0.39 is 11.7 Å². The van der Waals surface area contributed by atoms with Crippen LogP contribution in [-0.2, 0) is 23.5 Å². The molecule has 3 aromatic heterocycles. The summed E-state index contributed by atoms with van der Waals surface area (Å²) in [4.78, 5) is 18.2. The molecule has 0 saturated heterocycles. The molecule has 1 amide bonds. The van der Waals surface area contributed by atoms with Crippen molar-refractivity contribution < 1.29 is 13.9 Å². The number of aromatic nitrogens is 5. The summed E-state index contributed by atoms with van der Waals surface area (Å²) in [6.07, 6.45) is 5.24. The molecule has 38 heavy (non-hydrogen) atoms. The summed E-state index contributed by atoms with van der Waals surface area (Å²) in [5.74, 6) is -0.0435. The molecule has 1 aliphatic rings. The first kappa shape index (κ1) is 23.5. The lowest BCUT2D eigenvalue weighted by Gasteiger charge is -2.33. The van der Waals surface area contributed by atoms with Gasteiger partial charge in [-0.3, -0.25) is 15.2 Å². The van der Waals surface area contributed by atoms with Crippen molar-refractivity contribution in [3.8, 4) is 28.7 Å². The van der Waals surface area contributed by atoms with Gasteiger partial charge in [0.2, 0.25) is 5.82 Å². The minimum Gasteiger partial charge on any atom is -0.497 e. The lowest BCUT2D eigenvalue weighted by atomic mass is 10.1. The Morgan fingerprint density at radius 3 is 2.66 bits per heavy atom. The molecule has 4 heterocycles. The van der Waals surface area contributed by atoms with Gasteiger partial charge in [0.1, 0.15) is 5.75 Å². The molecule has 5 aromatic rings. The van der Waals surface area contributed by atoms with Gasteiger partial charge in [-0.1, -0.05) is 30.3 Å². The predicted molar refractivity (Wildman–Crippen MR) is 141 cm³/mol. The molecule has 0 aliphatic carbocycles. The van der Waals surface area contributed by atoms with Crippen molar-refractivity contribution in [3.05, 3.63) is 84.8 Å². The Bertz CT molecular complexity index is 1560. The van der Waals surface area contributed by atoms with Gasteiger partial charge in [0.25, 0.3) is 11.7 Å². The number of nitrogens with one attached hydrogen (secondary N) is 2. The highest BCUT2D eigenvalue weighted by Crippen LogP contribution is 2.36. The van der Waals surface area contributed by atoms with E-state index in [1.165, 1.54) is 16.5 Å². The number of benzene rings is 2. The van der Waals surface area contributed by atoms with Gasteiger partial charge in [-0.25, -0.2) is 4.98 Å². The Hall–Kier alpha value is -4.90. The molecule has 0 fully saturated rings. The first-order valence-corrected chi connectivity index (χ1v) is 12.2. The normalized spacial score (nSPS) is 15.8. The standard InChI is InChI=1S/C27H26N8O3/c1-37-20-13-11-19(12-14-20)29-26(36)27(28)31-23-21(25-30-24(33-35(25)27)22-10-6-16-38-22)17-34(32-23)15-5-9-18-7-3-2-4-8-18/h2-4,6-8,10-14,16-17H,5,9,15,28H2,1H3,(H,29,36)(H,31,32). The van der Waals surface area contributed by atoms with Gasteiger partial charge in [-0.2, -0.15) is 9.78 Å². The van der Waals surface area contributed by atoms with Crippen molar-refractivity contribution in [2.75, 3.05) is 17.7 Å². The van der Waals surface area contributed by atoms with Crippen LogP contribution in [0.1, 0.15) is 12.0 Å². The van der Waals surface area contributed by atoms with E-state index in [4.69, 9.17) is 14.9 Å². The number of nitrogens with zero attached hydrogens (tertiary/aromatic N) is 5. The smallest absolute Gasteiger partial charge is 0.289 e. The summed E-state index contributed by atoms with van der Waals surface area (Å²) in [6.45, 7) is 0.679. The fourth-order valence-corrected chi connectivity index (χ4v) is 4.41. The van der Waals surface area contributed by atoms with Crippen LogP contribution in [0.15, 0.2) is 83.6 Å². The van der Waals surface area contributed by atoms with Crippen LogP contribution in [0.25, 0.3) is 23.0 Å². The number of hydrogen-bond acceptors (Lipinski definition) is 8. The van der Waals surface area contributed by atoms with E-state index in [0.717, 1.165) is 12.8 Å². The Balaban J connectivity index is 1.31. The highest BCUT2D eigenvalue weighted by atomic mass is 16.5. The van der Waals surface area contributed by atoms with E-state index in [-0.39, 0.29) is 0 Å². The van der Waals surface area contributed by atoms with E-state index in [9.17, 15) is 4.79 Å². The average Bonchev–Trinajstić information content (AvgIpc) is 3.69. The van der Waals surface area contributed by atoms with Crippen molar-refractivity contribution in [2.24, 2.45) is 5.73 Å². The summed E-state index contributed by atoms with van der Waals surface area (Å²) in [5.41, 5.74) is 9.22. The van der Waals surface area contributed by atoms with Crippen LogP contribution in [0.5, 0.6) is 5.75 Å². The second kappa shape index (κ2) is 9.52. The van der Waals surface area contributed by atoms with Gasteiger partial charge in [-0.05, 0) is 54.8 Å². The van der Waals surface area contributed by atoms with Gasteiger partial charge < -0.3 is 19.8 Å². The first-order chi connectivity index (χ1) is 18.5. The fraction of sp³-hybridized carbons (Fsp3) is 0.185.